The minimum atomic E-state index is -4.65. The lowest BCUT2D eigenvalue weighted by Crippen LogP contribution is -2.14. The molecule has 0 saturated heterocycles. The van der Waals surface area contributed by atoms with Crippen molar-refractivity contribution in [3.63, 3.8) is 0 Å². The van der Waals surface area contributed by atoms with Crippen LogP contribution >= 0.6 is 11.8 Å². The summed E-state index contributed by atoms with van der Waals surface area (Å²) in [6.07, 6.45) is -4.65. The van der Waals surface area contributed by atoms with Crippen molar-refractivity contribution in [3.8, 4) is 0 Å². The topological polar surface area (TPSA) is 37.3 Å². The lowest BCUT2D eigenvalue weighted by molar-refractivity contribution is -0.140. The first kappa shape index (κ1) is 12.9. The van der Waals surface area contributed by atoms with Gasteiger partial charge in [0.25, 0.3) is 0 Å². The summed E-state index contributed by atoms with van der Waals surface area (Å²) in [6.45, 7) is 1.71. The largest absolute Gasteiger partial charge is 0.478 e. The van der Waals surface area contributed by atoms with Crippen molar-refractivity contribution in [2.45, 2.75) is 18.0 Å². The third-order valence-corrected chi connectivity index (χ3v) is 2.78. The minimum Gasteiger partial charge on any atom is -0.478 e. The Labute approximate surface area is 94.5 Å². The van der Waals surface area contributed by atoms with Gasteiger partial charge in [-0.3, -0.25) is 0 Å². The number of hydrogen-bond acceptors (Lipinski definition) is 2. The fourth-order valence-electron chi connectivity index (χ4n) is 1.28. The van der Waals surface area contributed by atoms with Crippen LogP contribution in [0.3, 0.4) is 0 Å². The van der Waals surface area contributed by atoms with E-state index < -0.39 is 23.3 Å². The molecule has 16 heavy (non-hydrogen) atoms. The summed E-state index contributed by atoms with van der Waals surface area (Å²) < 4.78 is 38.1. The van der Waals surface area contributed by atoms with Crippen molar-refractivity contribution >= 4 is 17.7 Å². The first-order valence-electron chi connectivity index (χ1n) is 4.44. The highest BCUT2D eigenvalue weighted by atomic mass is 32.2. The van der Waals surface area contributed by atoms with Crippen molar-refractivity contribution in [2.24, 2.45) is 0 Å². The van der Waals surface area contributed by atoms with Crippen LogP contribution in [-0.2, 0) is 6.18 Å². The second kappa shape index (κ2) is 4.78. The quantitative estimate of drug-likeness (QED) is 0.834. The Bertz CT molecular complexity index is 402. The standard InChI is InChI=1S/C10H9F3O2S/c1-2-16-7-5-3-4-6(9(14)15)8(7)10(11,12)13/h3-5H,2H2,1H3,(H,14,15). The summed E-state index contributed by atoms with van der Waals surface area (Å²) in [6, 6.07) is 3.56. The molecule has 0 unspecified atom stereocenters. The monoisotopic (exact) mass is 250 g/mol. The summed E-state index contributed by atoms with van der Waals surface area (Å²) >= 11 is 0.977. The molecule has 0 saturated carbocycles. The van der Waals surface area contributed by atoms with Gasteiger partial charge >= 0.3 is 12.1 Å². The summed E-state index contributed by atoms with van der Waals surface area (Å²) in [5, 5.41) is 8.71. The van der Waals surface area contributed by atoms with Crippen LogP contribution in [-0.4, -0.2) is 16.8 Å². The number of rotatable bonds is 3. The normalized spacial score (nSPS) is 11.5. The van der Waals surface area contributed by atoms with E-state index in [9.17, 15) is 18.0 Å². The van der Waals surface area contributed by atoms with Crippen LogP contribution < -0.4 is 0 Å². The van der Waals surface area contributed by atoms with Gasteiger partial charge in [-0.1, -0.05) is 13.0 Å². The van der Waals surface area contributed by atoms with Gasteiger partial charge in [0.2, 0.25) is 0 Å². The molecule has 0 aliphatic rings. The van der Waals surface area contributed by atoms with E-state index in [1.807, 2.05) is 0 Å². The molecule has 0 aliphatic carbocycles. The van der Waals surface area contributed by atoms with Gasteiger partial charge in [-0.2, -0.15) is 13.2 Å². The molecule has 1 aromatic rings. The summed E-state index contributed by atoms with van der Waals surface area (Å²) in [7, 11) is 0. The van der Waals surface area contributed by atoms with Crippen LogP contribution in [0.1, 0.15) is 22.8 Å². The Morgan fingerprint density at radius 1 is 1.44 bits per heavy atom. The van der Waals surface area contributed by atoms with E-state index in [2.05, 4.69) is 0 Å². The van der Waals surface area contributed by atoms with Crippen molar-refractivity contribution in [3.05, 3.63) is 29.3 Å². The summed E-state index contributed by atoms with van der Waals surface area (Å²) in [4.78, 5) is 10.7. The molecule has 0 aromatic heterocycles. The van der Waals surface area contributed by atoms with E-state index in [4.69, 9.17) is 5.11 Å². The Morgan fingerprint density at radius 2 is 2.06 bits per heavy atom. The van der Waals surface area contributed by atoms with E-state index in [0.717, 1.165) is 17.8 Å². The zero-order chi connectivity index (χ0) is 12.3. The van der Waals surface area contributed by atoms with Gasteiger partial charge in [0.05, 0.1) is 11.1 Å². The molecule has 0 fully saturated rings. The third-order valence-electron chi connectivity index (χ3n) is 1.84. The molecule has 0 aliphatic heterocycles. The molecule has 6 heteroatoms. The number of carboxylic acid groups (broad SMARTS) is 1. The van der Waals surface area contributed by atoms with Crippen LogP contribution in [0.25, 0.3) is 0 Å². The lowest BCUT2D eigenvalue weighted by atomic mass is 10.1. The fraction of sp³-hybridized carbons (Fsp3) is 0.300. The van der Waals surface area contributed by atoms with Crippen LogP contribution in [0.4, 0.5) is 13.2 Å². The molecule has 0 atom stereocenters. The molecule has 0 amide bonds. The molecule has 0 spiro atoms. The Kier molecular flexibility index (Phi) is 3.85. The predicted octanol–water partition coefficient (Wildman–Crippen LogP) is 3.52. The highest BCUT2D eigenvalue weighted by Gasteiger charge is 2.37. The molecule has 1 aromatic carbocycles. The van der Waals surface area contributed by atoms with E-state index in [1.165, 1.54) is 12.1 Å². The van der Waals surface area contributed by atoms with Gasteiger partial charge < -0.3 is 5.11 Å². The maximum atomic E-state index is 12.7. The minimum absolute atomic E-state index is 0.0464. The predicted molar refractivity (Wildman–Crippen MR) is 54.8 cm³/mol. The van der Waals surface area contributed by atoms with Crippen LogP contribution in [0, 0.1) is 0 Å². The van der Waals surface area contributed by atoms with Crippen molar-refractivity contribution in [2.75, 3.05) is 5.75 Å². The summed E-state index contributed by atoms with van der Waals surface area (Å²) in [5.41, 5.74) is -1.76. The van der Waals surface area contributed by atoms with Gasteiger partial charge in [0.1, 0.15) is 0 Å². The molecule has 1 N–H and O–H groups in total. The van der Waals surface area contributed by atoms with Crippen molar-refractivity contribution in [1.82, 2.24) is 0 Å². The van der Waals surface area contributed by atoms with Crippen LogP contribution in [0.5, 0.6) is 0 Å². The first-order chi connectivity index (χ1) is 7.38. The van der Waals surface area contributed by atoms with E-state index in [-0.39, 0.29) is 4.90 Å². The zero-order valence-electron chi connectivity index (χ0n) is 8.34. The molecule has 2 nitrogen and oxygen atoms in total. The van der Waals surface area contributed by atoms with Crippen molar-refractivity contribution < 1.29 is 23.1 Å². The van der Waals surface area contributed by atoms with Crippen LogP contribution in [0.2, 0.25) is 0 Å². The van der Waals surface area contributed by atoms with E-state index >= 15 is 0 Å². The maximum Gasteiger partial charge on any atom is 0.418 e. The average molecular weight is 250 g/mol. The van der Waals surface area contributed by atoms with Gasteiger partial charge in [0, 0.05) is 4.90 Å². The number of hydrogen-bond donors (Lipinski definition) is 1. The second-order valence-electron chi connectivity index (χ2n) is 2.91. The van der Waals surface area contributed by atoms with Gasteiger partial charge in [-0.15, -0.1) is 11.8 Å². The molecule has 0 bridgehead atoms. The van der Waals surface area contributed by atoms with Gasteiger partial charge in [-0.25, -0.2) is 4.79 Å². The number of halogens is 3. The number of aromatic carboxylic acids is 1. The molecule has 1 rings (SSSR count). The number of carbonyl (C=O) groups is 1. The number of alkyl halides is 3. The Hall–Kier alpha value is -1.17. The van der Waals surface area contributed by atoms with E-state index in [1.54, 1.807) is 6.92 Å². The highest BCUT2D eigenvalue weighted by molar-refractivity contribution is 7.99. The smallest absolute Gasteiger partial charge is 0.418 e. The lowest BCUT2D eigenvalue weighted by Gasteiger charge is -2.14. The molecular weight excluding hydrogens is 241 g/mol. The highest BCUT2D eigenvalue weighted by Crippen LogP contribution is 2.38. The van der Waals surface area contributed by atoms with Crippen LogP contribution in [0.15, 0.2) is 23.1 Å². The molecule has 0 heterocycles. The maximum absolute atomic E-state index is 12.7. The van der Waals surface area contributed by atoms with Gasteiger partial charge in [0.15, 0.2) is 0 Å². The summed E-state index contributed by atoms with van der Waals surface area (Å²) in [5.74, 6) is -1.11. The van der Waals surface area contributed by atoms with Gasteiger partial charge in [-0.05, 0) is 17.9 Å². The molecule has 0 radical (unpaired) electrons. The molecular formula is C10H9F3O2S. The Balaban J connectivity index is 3.41. The Morgan fingerprint density at radius 3 is 2.50 bits per heavy atom. The van der Waals surface area contributed by atoms with Crippen molar-refractivity contribution in [1.29, 1.82) is 0 Å². The fourth-order valence-corrected chi connectivity index (χ4v) is 2.13. The first-order valence-corrected chi connectivity index (χ1v) is 5.42. The number of carboxylic acids is 1. The SMILES string of the molecule is CCSc1cccc(C(=O)O)c1C(F)(F)F. The number of thioether (sulfide) groups is 1. The van der Waals surface area contributed by atoms with E-state index in [0.29, 0.717) is 5.75 Å². The second-order valence-corrected chi connectivity index (χ2v) is 4.22. The average Bonchev–Trinajstić information content (AvgIpc) is 2.16. The zero-order valence-corrected chi connectivity index (χ0v) is 9.15. The third kappa shape index (κ3) is 2.69. The number of benzene rings is 1. The molecule has 88 valence electrons.